The van der Waals surface area contributed by atoms with Gasteiger partial charge in [0.1, 0.15) is 0 Å². The Balaban J connectivity index is 2.15. The van der Waals surface area contributed by atoms with E-state index in [0.717, 1.165) is 13.0 Å². The third-order valence-electron chi connectivity index (χ3n) is 2.45. The SMILES string of the molecule is CN=C(NCCC(F)(F)F)NCC1CCCS1. The Morgan fingerprint density at radius 3 is 2.71 bits per heavy atom. The van der Waals surface area contributed by atoms with Crippen molar-refractivity contribution in [1.29, 1.82) is 0 Å². The quantitative estimate of drug-likeness (QED) is 0.605. The van der Waals surface area contributed by atoms with E-state index in [9.17, 15) is 13.2 Å². The van der Waals surface area contributed by atoms with E-state index < -0.39 is 12.6 Å². The van der Waals surface area contributed by atoms with E-state index >= 15 is 0 Å². The topological polar surface area (TPSA) is 36.4 Å². The van der Waals surface area contributed by atoms with Crippen molar-refractivity contribution >= 4 is 17.7 Å². The number of thioether (sulfide) groups is 1. The predicted molar refractivity (Wildman–Crippen MR) is 65.5 cm³/mol. The van der Waals surface area contributed by atoms with Crippen LogP contribution in [0.4, 0.5) is 13.2 Å². The second-order valence-corrected chi connectivity index (χ2v) is 5.29. The van der Waals surface area contributed by atoms with Gasteiger partial charge in [-0.25, -0.2) is 0 Å². The average Bonchev–Trinajstić information content (AvgIpc) is 2.74. The maximum atomic E-state index is 11.9. The van der Waals surface area contributed by atoms with Gasteiger partial charge in [-0.05, 0) is 18.6 Å². The van der Waals surface area contributed by atoms with Crippen molar-refractivity contribution in [2.75, 3.05) is 25.9 Å². The van der Waals surface area contributed by atoms with Crippen LogP contribution in [0.25, 0.3) is 0 Å². The van der Waals surface area contributed by atoms with Gasteiger partial charge in [-0.1, -0.05) is 0 Å². The highest BCUT2D eigenvalue weighted by molar-refractivity contribution is 8.00. The number of nitrogens with zero attached hydrogens (tertiary/aromatic N) is 1. The molecule has 1 unspecified atom stereocenters. The number of guanidine groups is 1. The second kappa shape index (κ2) is 6.98. The Kier molecular flexibility index (Phi) is 5.94. The van der Waals surface area contributed by atoms with Crippen LogP contribution in [0.1, 0.15) is 19.3 Å². The fraction of sp³-hybridized carbons (Fsp3) is 0.900. The summed E-state index contributed by atoms with van der Waals surface area (Å²) < 4.78 is 35.8. The lowest BCUT2D eigenvalue weighted by molar-refractivity contribution is -0.132. The summed E-state index contributed by atoms with van der Waals surface area (Å²) in [4.78, 5) is 3.89. The maximum Gasteiger partial charge on any atom is 0.390 e. The van der Waals surface area contributed by atoms with E-state index in [-0.39, 0.29) is 6.54 Å². The monoisotopic (exact) mass is 269 g/mol. The highest BCUT2D eigenvalue weighted by Gasteiger charge is 2.26. The lowest BCUT2D eigenvalue weighted by atomic mass is 10.2. The molecule has 0 aromatic carbocycles. The fourth-order valence-corrected chi connectivity index (χ4v) is 2.76. The van der Waals surface area contributed by atoms with Gasteiger partial charge in [0.2, 0.25) is 0 Å². The molecule has 0 spiro atoms. The molecule has 0 radical (unpaired) electrons. The lowest BCUT2D eigenvalue weighted by Crippen LogP contribution is -2.41. The highest BCUT2D eigenvalue weighted by atomic mass is 32.2. The minimum Gasteiger partial charge on any atom is -0.356 e. The molecule has 1 aliphatic rings. The van der Waals surface area contributed by atoms with Crippen LogP contribution in [0.2, 0.25) is 0 Å². The normalized spacial score (nSPS) is 21.6. The minimum absolute atomic E-state index is 0.138. The van der Waals surface area contributed by atoms with Crippen molar-refractivity contribution in [3.05, 3.63) is 0 Å². The third kappa shape index (κ3) is 6.65. The Hall–Kier alpha value is -0.590. The number of hydrogen-bond donors (Lipinski definition) is 2. The number of nitrogens with one attached hydrogen (secondary N) is 2. The highest BCUT2D eigenvalue weighted by Crippen LogP contribution is 2.25. The summed E-state index contributed by atoms with van der Waals surface area (Å²) in [5.74, 6) is 1.62. The first-order chi connectivity index (χ1) is 8.01. The summed E-state index contributed by atoms with van der Waals surface area (Å²) in [7, 11) is 1.56. The van der Waals surface area contributed by atoms with Crippen molar-refractivity contribution in [3.63, 3.8) is 0 Å². The van der Waals surface area contributed by atoms with Gasteiger partial charge < -0.3 is 10.6 Å². The summed E-state index contributed by atoms with van der Waals surface area (Å²) >= 11 is 1.90. The Labute approximate surface area is 104 Å². The molecule has 0 amide bonds. The second-order valence-electron chi connectivity index (χ2n) is 3.88. The Morgan fingerprint density at radius 1 is 1.41 bits per heavy atom. The van der Waals surface area contributed by atoms with E-state index in [0.29, 0.717) is 11.2 Å². The van der Waals surface area contributed by atoms with Gasteiger partial charge in [0.05, 0.1) is 6.42 Å². The van der Waals surface area contributed by atoms with Crippen LogP contribution < -0.4 is 10.6 Å². The van der Waals surface area contributed by atoms with Crippen LogP contribution in [0.3, 0.4) is 0 Å². The Morgan fingerprint density at radius 2 is 2.18 bits per heavy atom. The molecule has 0 bridgehead atoms. The van der Waals surface area contributed by atoms with Crippen LogP contribution in [-0.4, -0.2) is 43.3 Å². The van der Waals surface area contributed by atoms with Crippen LogP contribution >= 0.6 is 11.8 Å². The summed E-state index contributed by atoms with van der Waals surface area (Å²) in [6.07, 6.45) is -2.58. The number of alkyl halides is 3. The molecule has 1 rings (SSSR count). The van der Waals surface area contributed by atoms with Gasteiger partial charge in [0.25, 0.3) is 0 Å². The number of rotatable bonds is 4. The van der Waals surface area contributed by atoms with E-state index in [2.05, 4.69) is 15.6 Å². The molecule has 1 saturated heterocycles. The van der Waals surface area contributed by atoms with Gasteiger partial charge in [0.15, 0.2) is 5.96 Å². The number of aliphatic imine (C=N–C) groups is 1. The van der Waals surface area contributed by atoms with Crippen molar-refractivity contribution in [1.82, 2.24) is 10.6 Å². The molecular weight excluding hydrogens is 251 g/mol. The molecule has 0 aromatic heterocycles. The third-order valence-corrected chi connectivity index (χ3v) is 3.84. The van der Waals surface area contributed by atoms with Gasteiger partial charge in [-0.15, -0.1) is 0 Å². The maximum absolute atomic E-state index is 11.9. The number of halogens is 3. The first-order valence-electron chi connectivity index (χ1n) is 5.64. The predicted octanol–water partition coefficient (Wildman–Crippen LogP) is 2.00. The van der Waals surface area contributed by atoms with Gasteiger partial charge >= 0.3 is 6.18 Å². The van der Waals surface area contributed by atoms with Crippen molar-refractivity contribution in [3.8, 4) is 0 Å². The van der Waals surface area contributed by atoms with Gasteiger partial charge in [-0.2, -0.15) is 24.9 Å². The molecule has 0 aromatic rings. The summed E-state index contributed by atoms with van der Waals surface area (Å²) in [6.45, 7) is 0.622. The zero-order valence-corrected chi connectivity index (χ0v) is 10.6. The molecule has 1 heterocycles. The molecule has 1 atom stereocenters. The van der Waals surface area contributed by atoms with Crippen LogP contribution in [0.5, 0.6) is 0 Å². The van der Waals surface area contributed by atoms with Crippen LogP contribution in [0.15, 0.2) is 4.99 Å². The summed E-state index contributed by atoms with van der Waals surface area (Å²) in [6, 6.07) is 0. The summed E-state index contributed by atoms with van der Waals surface area (Å²) in [5, 5.41) is 6.26. The molecule has 1 aliphatic heterocycles. The minimum atomic E-state index is -4.12. The lowest BCUT2D eigenvalue weighted by Gasteiger charge is -2.15. The van der Waals surface area contributed by atoms with Gasteiger partial charge in [0, 0.05) is 25.4 Å². The zero-order chi connectivity index (χ0) is 12.7. The molecule has 1 fully saturated rings. The van der Waals surface area contributed by atoms with Gasteiger partial charge in [-0.3, -0.25) is 4.99 Å². The zero-order valence-electron chi connectivity index (χ0n) is 9.81. The average molecular weight is 269 g/mol. The molecular formula is C10H18F3N3S. The van der Waals surface area contributed by atoms with E-state index in [1.807, 2.05) is 11.8 Å². The molecule has 0 saturated carbocycles. The first-order valence-corrected chi connectivity index (χ1v) is 6.69. The molecule has 100 valence electrons. The smallest absolute Gasteiger partial charge is 0.356 e. The fourth-order valence-electron chi connectivity index (χ4n) is 1.56. The van der Waals surface area contributed by atoms with Crippen LogP contribution in [0, 0.1) is 0 Å². The van der Waals surface area contributed by atoms with Crippen molar-refractivity contribution < 1.29 is 13.2 Å². The molecule has 0 aliphatic carbocycles. The van der Waals surface area contributed by atoms with E-state index in [1.165, 1.54) is 12.2 Å². The molecule has 7 heteroatoms. The van der Waals surface area contributed by atoms with Crippen molar-refractivity contribution in [2.45, 2.75) is 30.7 Å². The van der Waals surface area contributed by atoms with E-state index in [1.54, 1.807) is 7.05 Å². The van der Waals surface area contributed by atoms with Crippen LogP contribution in [-0.2, 0) is 0 Å². The molecule has 3 nitrogen and oxygen atoms in total. The standard InChI is InChI=1S/C10H18F3N3S/c1-14-9(15-5-4-10(11,12)13)16-7-8-3-2-6-17-8/h8H,2-7H2,1H3,(H2,14,15,16). The Bertz CT molecular complexity index is 250. The molecule has 17 heavy (non-hydrogen) atoms. The first kappa shape index (κ1) is 14.5. The van der Waals surface area contributed by atoms with E-state index in [4.69, 9.17) is 0 Å². The van der Waals surface area contributed by atoms with Crippen molar-refractivity contribution in [2.24, 2.45) is 4.99 Å². The number of hydrogen-bond acceptors (Lipinski definition) is 2. The summed E-state index contributed by atoms with van der Waals surface area (Å²) in [5.41, 5.74) is 0. The largest absolute Gasteiger partial charge is 0.390 e. The molecule has 2 N–H and O–H groups in total.